The van der Waals surface area contributed by atoms with Gasteiger partial charge in [-0.2, -0.15) is 0 Å². The fraction of sp³-hybridized carbons (Fsp3) is 0.458. The molecule has 0 unspecified atom stereocenters. The van der Waals surface area contributed by atoms with E-state index in [1.54, 1.807) is 12.1 Å². The van der Waals surface area contributed by atoms with Gasteiger partial charge in [-0.25, -0.2) is 12.8 Å². The summed E-state index contributed by atoms with van der Waals surface area (Å²) in [5, 5.41) is 3.26. The molecule has 2 fully saturated rings. The summed E-state index contributed by atoms with van der Waals surface area (Å²) in [6.07, 6.45) is 4.44. The Balaban J connectivity index is 1.51. The predicted octanol–water partition coefficient (Wildman–Crippen LogP) is 4.61. The number of ketones is 1. The Hall–Kier alpha value is -2.61. The summed E-state index contributed by atoms with van der Waals surface area (Å²) in [6.45, 7) is 1.91. The summed E-state index contributed by atoms with van der Waals surface area (Å²) in [5.74, 6) is -0.245. The van der Waals surface area contributed by atoms with Crippen molar-refractivity contribution >= 4 is 38.4 Å². The number of rotatable bonds is 7. The van der Waals surface area contributed by atoms with Crippen LogP contribution >= 0.6 is 0 Å². The second kappa shape index (κ2) is 7.76. The van der Waals surface area contributed by atoms with Crippen LogP contribution in [0.5, 0.6) is 0 Å². The monoisotopic (exact) mass is 455 g/mol. The van der Waals surface area contributed by atoms with Crippen molar-refractivity contribution in [3.63, 3.8) is 0 Å². The van der Waals surface area contributed by atoms with Gasteiger partial charge in [-0.1, -0.05) is 12.5 Å². The summed E-state index contributed by atoms with van der Waals surface area (Å²) < 4.78 is 38.5. The number of carbonyl (C=O) groups is 1. The van der Waals surface area contributed by atoms with Gasteiger partial charge < -0.3 is 5.32 Å². The first-order chi connectivity index (χ1) is 15.2. The van der Waals surface area contributed by atoms with Crippen molar-refractivity contribution in [1.82, 2.24) is 4.98 Å². The van der Waals surface area contributed by atoms with Crippen molar-refractivity contribution in [3.05, 3.63) is 41.2 Å². The molecule has 1 aromatic carbocycles. The molecule has 0 amide bonds. The van der Waals surface area contributed by atoms with Crippen LogP contribution in [0.25, 0.3) is 0 Å². The number of aliphatic imine (C=N–C) groups is 1. The van der Waals surface area contributed by atoms with Crippen LogP contribution < -0.4 is 5.32 Å². The van der Waals surface area contributed by atoms with Gasteiger partial charge in [0, 0.05) is 24.8 Å². The van der Waals surface area contributed by atoms with Gasteiger partial charge in [0.1, 0.15) is 17.6 Å². The van der Waals surface area contributed by atoms with Gasteiger partial charge in [-0.15, -0.1) is 0 Å². The molecule has 1 aromatic heterocycles. The van der Waals surface area contributed by atoms with Crippen LogP contribution in [0.3, 0.4) is 0 Å². The smallest absolute Gasteiger partial charge is 0.177 e. The zero-order valence-corrected chi connectivity index (χ0v) is 19.0. The molecule has 2 aromatic rings. The van der Waals surface area contributed by atoms with Gasteiger partial charge in [0.2, 0.25) is 0 Å². The van der Waals surface area contributed by atoms with E-state index < -0.39 is 21.9 Å². The zero-order valence-electron chi connectivity index (χ0n) is 18.2. The molecule has 0 saturated heterocycles. The van der Waals surface area contributed by atoms with Gasteiger partial charge in [0.05, 0.1) is 33.6 Å². The van der Waals surface area contributed by atoms with Crippen molar-refractivity contribution in [2.24, 2.45) is 10.9 Å². The summed E-state index contributed by atoms with van der Waals surface area (Å²) in [7, 11) is -3.47. The highest BCUT2D eigenvalue weighted by molar-refractivity contribution is 7.90. The number of halogens is 1. The molecule has 2 aliphatic carbocycles. The Kier molecular flexibility index (Phi) is 5.15. The molecular weight excluding hydrogens is 429 g/mol. The quantitative estimate of drug-likeness (QED) is 0.658. The minimum absolute atomic E-state index is 0.0612. The van der Waals surface area contributed by atoms with Crippen molar-refractivity contribution in [2.75, 3.05) is 11.6 Å². The number of anilines is 2. The minimum atomic E-state index is -3.47. The minimum Gasteiger partial charge on any atom is -0.353 e. The molecule has 32 heavy (non-hydrogen) atoms. The number of fused-ring (bicyclic) bond motifs is 1. The van der Waals surface area contributed by atoms with E-state index in [0.717, 1.165) is 29.8 Å². The Morgan fingerprint density at radius 3 is 2.59 bits per heavy atom. The average molecular weight is 456 g/mol. The highest BCUT2D eigenvalue weighted by Gasteiger charge is 2.43. The molecule has 1 aliphatic heterocycles. The summed E-state index contributed by atoms with van der Waals surface area (Å²) in [6, 6.07) is 7.30. The molecule has 2 saturated carbocycles. The topological polar surface area (TPSA) is 88.5 Å². The van der Waals surface area contributed by atoms with Crippen LogP contribution in [0.15, 0.2) is 34.2 Å². The van der Waals surface area contributed by atoms with Gasteiger partial charge in [0.25, 0.3) is 0 Å². The standard InChI is InChI=1S/C24H26FN3O3S/c1-13-8-20-24(26-13)21(10-16(27-20)11-22(29)17-12-18(17)25)28-19-7-6-15(14-4-3-5-14)9-23(19)32(2,30)31/h6-7,9-10,14,17-18H,3-5,8,11-12H2,1-2H3,(H,27,28)/t17-,18+/m0/s1. The van der Waals surface area contributed by atoms with Crippen LogP contribution in [0, 0.1) is 5.92 Å². The summed E-state index contributed by atoms with van der Waals surface area (Å²) >= 11 is 0. The number of nitrogens with one attached hydrogen (secondary N) is 1. The number of pyridine rings is 1. The first-order valence-electron chi connectivity index (χ1n) is 11.0. The second-order valence-electron chi connectivity index (χ2n) is 9.26. The lowest BCUT2D eigenvalue weighted by molar-refractivity contribution is -0.120. The lowest BCUT2D eigenvalue weighted by Gasteiger charge is -2.26. The first-order valence-corrected chi connectivity index (χ1v) is 12.9. The molecular formula is C24H26FN3O3S. The maximum absolute atomic E-state index is 13.3. The molecule has 0 radical (unpaired) electrons. The van der Waals surface area contributed by atoms with Crippen LogP contribution in [-0.4, -0.2) is 37.3 Å². The molecule has 1 N–H and O–H groups in total. The Morgan fingerprint density at radius 1 is 1.22 bits per heavy atom. The van der Waals surface area contributed by atoms with Crippen molar-refractivity contribution < 1.29 is 17.6 Å². The number of aromatic nitrogens is 1. The number of Topliss-reactive ketones (excluding diaryl/α,β-unsaturated/α-hetero) is 1. The molecule has 168 valence electrons. The predicted molar refractivity (Wildman–Crippen MR) is 122 cm³/mol. The van der Waals surface area contributed by atoms with E-state index in [4.69, 9.17) is 0 Å². The van der Waals surface area contributed by atoms with Crippen LogP contribution in [-0.2, 0) is 27.5 Å². The molecule has 6 nitrogen and oxygen atoms in total. The molecule has 3 aliphatic rings. The van der Waals surface area contributed by atoms with Crippen LogP contribution in [0.4, 0.5) is 21.5 Å². The second-order valence-corrected chi connectivity index (χ2v) is 11.2. The number of hydrogen-bond acceptors (Lipinski definition) is 6. The first kappa shape index (κ1) is 21.2. The highest BCUT2D eigenvalue weighted by Crippen LogP contribution is 2.41. The van der Waals surface area contributed by atoms with E-state index in [1.165, 1.54) is 12.7 Å². The number of carbonyl (C=O) groups excluding carboxylic acids is 1. The lowest BCUT2D eigenvalue weighted by atomic mass is 9.80. The third-order valence-electron chi connectivity index (χ3n) is 6.58. The van der Waals surface area contributed by atoms with Crippen molar-refractivity contribution in [1.29, 1.82) is 0 Å². The van der Waals surface area contributed by atoms with Crippen molar-refractivity contribution in [3.8, 4) is 0 Å². The van der Waals surface area contributed by atoms with E-state index in [2.05, 4.69) is 15.3 Å². The fourth-order valence-electron chi connectivity index (χ4n) is 4.45. The molecule has 2 atom stereocenters. The van der Waals surface area contributed by atoms with Gasteiger partial charge >= 0.3 is 0 Å². The normalized spacial score (nSPS) is 22.2. The van der Waals surface area contributed by atoms with Crippen molar-refractivity contribution in [2.45, 2.75) is 62.4 Å². The van der Waals surface area contributed by atoms with Gasteiger partial charge in [-0.05, 0) is 55.9 Å². The third kappa shape index (κ3) is 4.08. The Morgan fingerprint density at radius 2 is 1.97 bits per heavy atom. The summed E-state index contributed by atoms with van der Waals surface area (Å²) in [5.41, 5.74) is 5.00. The van der Waals surface area contributed by atoms with Crippen LogP contribution in [0.2, 0.25) is 0 Å². The number of benzene rings is 1. The summed E-state index contributed by atoms with van der Waals surface area (Å²) in [4.78, 5) is 21.8. The fourth-order valence-corrected chi connectivity index (χ4v) is 5.32. The molecule has 2 heterocycles. The van der Waals surface area contributed by atoms with E-state index in [9.17, 15) is 17.6 Å². The third-order valence-corrected chi connectivity index (χ3v) is 7.71. The zero-order chi connectivity index (χ0) is 22.6. The van der Waals surface area contributed by atoms with E-state index in [0.29, 0.717) is 41.5 Å². The maximum Gasteiger partial charge on any atom is 0.177 e. The Bertz CT molecular complexity index is 1250. The molecule has 5 rings (SSSR count). The molecule has 0 bridgehead atoms. The number of hydrogen-bond donors (Lipinski definition) is 1. The maximum atomic E-state index is 13.3. The highest BCUT2D eigenvalue weighted by atomic mass is 32.2. The Labute approximate surface area is 187 Å². The SMILES string of the molecule is CC1=Nc2c(Nc3ccc(C4CCC4)cc3S(C)(=O)=O)cc(CC(=O)[C@H]3C[C@H]3F)nc2C1. The molecule has 8 heteroatoms. The van der Waals surface area contributed by atoms with Crippen LogP contribution in [0.1, 0.15) is 55.5 Å². The average Bonchev–Trinajstić information content (AvgIpc) is 3.28. The van der Waals surface area contributed by atoms with E-state index >= 15 is 0 Å². The number of alkyl halides is 1. The van der Waals surface area contributed by atoms with Gasteiger partial charge in [0.15, 0.2) is 9.84 Å². The number of sulfone groups is 1. The largest absolute Gasteiger partial charge is 0.353 e. The van der Waals surface area contributed by atoms with E-state index in [1.807, 2.05) is 19.1 Å². The lowest BCUT2D eigenvalue weighted by Crippen LogP contribution is -2.11. The molecule has 0 spiro atoms. The van der Waals surface area contributed by atoms with E-state index in [-0.39, 0.29) is 17.1 Å². The number of nitrogens with zero attached hydrogens (tertiary/aromatic N) is 2. The van der Waals surface area contributed by atoms with Gasteiger partial charge in [-0.3, -0.25) is 14.8 Å².